The summed E-state index contributed by atoms with van der Waals surface area (Å²) in [6, 6.07) is 5.63. The Morgan fingerprint density at radius 1 is 1.32 bits per heavy atom. The van der Waals surface area contributed by atoms with Crippen LogP contribution < -0.4 is 15.6 Å². The highest BCUT2D eigenvalue weighted by atomic mass is 19.1. The Balaban J connectivity index is 2.25. The number of rotatable bonds is 8. The van der Waals surface area contributed by atoms with Gasteiger partial charge in [0.15, 0.2) is 0 Å². The van der Waals surface area contributed by atoms with E-state index in [1.807, 2.05) is 6.92 Å². The van der Waals surface area contributed by atoms with Crippen molar-refractivity contribution in [1.29, 1.82) is 0 Å². The summed E-state index contributed by atoms with van der Waals surface area (Å²) in [7, 11) is 1.41. The second-order valence-corrected chi connectivity index (χ2v) is 6.33. The van der Waals surface area contributed by atoms with Crippen LogP contribution in [0.25, 0.3) is 11.3 Å². The molecule has 1 heterocycles. The molecule has 9 heteroatoms. The Bertz CT molecular complexity index is 928. The lowest BCUT2D eigenvalue weighted by atomic mass is 9.99. The summed E-state index contributed by atoms with van der Waals surface area (Å²) in [5.74, 6) is -2.37. The first-order valence-electron chi connectivity index (χ1n) is 8.71. The van der Waals surface area contributed by atoms with Gasteiger partial charge in [0.2, 0.25) is 5.91 Å². The molecule has 1 amide bonds. The van der Waals surface area contributed by atoms with Crippen LogP contribution in [0.1, 0.15) is 20.3 Å². The topological polar surface area (TPSA) is 111 Å². The number of benzene rings is 1. The number of hydrogen-bond acceptors (Lipinski definition) is 5. The number of methoxy groups -OCH3 is 1. The molecule has 1 aromatic heterocycles. The molecule has 150 valence electrons. The van der Waals surface area contributed by atoms with Gasteiger partial charge in [-0.2, -0.15) is 5.10 Å². The first kappa shape index (κ1) is 21.1. The number of hydrogen-bond donors (Lipinski definition) is 2. The molecule has 0 fully saturated rings. The number of aromatic nitrogens is 2. The molecule has 28 heavy (non-hydrogen) atoms. The zero-order chi connectivity index (χ0) is 20.8. The van der Waals surface area contributed by atoms with Crippen LogP contribution in [-0.2, 0) is 16.1 Å². The highest BCUT2D eigenvalue weighted by Crippen LogP contribution is 2.24. The normalized spacial score (nSPS) is 12.9. The quantitative estimate of drug-likeness (QED) is 0.708. The number of ether oxygens (including phenoxy) is 1. The molecule has 8 nitrogen and oxygen atoms in total. The molecule has 2 N–H and O–H groups in total. The molecule has 0 aliphatic carbocycles. The Labute approximate surface area is 160 Å². The average Bonchev–Trinajstić information content (AvgIpc) is 2.67. The molecule has 1 aromatic carbocycles. The predicted octanol–water partition coefficient (Wildman–Crippen LogP) is 1.67. The summed E-state index contributed by atoms with van der Waals surface area (Å²) in [5, 5.41) is 15.7. The number of amides is 1. The zero-order valence-electron chi connectivity index (χ0n) is 15.8. The van der Waals surface area contributed by atoms with E-state index in [0.717, 1.165) is 4.68 Å². The maximum atomic E-state index is 14.3. The Hall–Kier alpha value is -3.23. The van der Waals surface area contributed by atoms with E-state index >= 15 is 0 Å². The Morgan fingerprint density at radius 2 is 2.04 bits per heavy atom. The minimum atomic E-state index is -1.16. The van der Waals surface area contributed by atoms with Crippen LogP contribution in [0, 0.1) is 11.7 Å². The summed E-state index contributed by atoms with van der Waals surface area (Å²) >= 11 is 0. The number of carbonyl (C=O) groups is 2. The number of aliphatic carboxylic acids is 1. The van der Waals surface area contributed by atoms with Gasteiger partial charge in [0.05, 0.1) is 12.8 Å². The van der Waals surface area contributed by atoms with E-state index in [2.05, 4.69) is 10.4 Å². The number of nitrogens with one attached hydrogen (secondary N) is 1. The predicted molar refractivity (Wildman–Crippen MR) is 99.5 cm³/mol. The van der Waals surface area contributed by atoms with Gasteiger partial charge in [0, 0.05) is 17.7 Å². The number of carboxylic acid groups (broad SMARTS) is 1. The minimum absolute atomic E-state index is 0.137. The van der Waals surface area contributed by atoms with E-state index in [9.17, 15) is 23.9 Å². The van der Waals surface area contributed by atoms with Crippen LogP contribution in [0.4, 0.5) is 4.39 Å². The van der Waals surface area contributed by atoms with E-state index < -0.39 is 35.8 Å². The van der Waals surface area contributed by atoms with Gasteiger partial charge in [0.1, 0.15) is 24.2 Å². The number of halogens is 1. The summed E-state index contributed by atoms with van der Waals surface area (Å²) in [6.07, 6.45) is 0.557. The molecule has 0 bridgehead atoms. The SMILES string of the molecule is CC[C@@H](C)[C@@H](NC(=O)Cn1nc(-c2ccc(OC)cc2F)ccc1=O)C(=O)O. The fourth-order valence-electron chi connectivity index (χ4n) is 2.57. The standard InChI is InChI=1S/C19H22FN3O5/c1-4-11(2)18(19(26)27)21-16(24)10-23-17(25)8-7-15(22-23)13-6-5-12(28-3)9-14(13)20/h5-9,11,18H,4,10H2,1-3H3,(H,21,24)(H,26,27)/t11-,18-/m1/s1. The molecular weight excluding hydrogens is 369 g/mol. The third-order valence-corrected chi connectivity index (χ3v) is 4.41. The number of nitrogens with zero attached hydrogens (tertiary/aromatic N) is 2. The van der Waals surface area contributed by atoms with Crippen LogP contribution >= 0.6 is 0 Å². The van der Waals surface area contributed by atoms with Crippen molar-refractivity contribution in [2.45, 2.75) is 32.9 Å². The first-order chi connectivity index (χ1) is 13.3. The van der Waals surface area contributed by atoms with Crippen molar-refractivity contribution in [3.63, 3.8) is 0 Å². The van der Waals surface area contributed by atoms with Crippen molar-refractivity contribution in [3.05, 3.63) is 46.5 Å². The lowest BCUT2D eigenvalue weighted by Gasteiger charge is -2.20. The third-order valence-electron chi connectivity index (χ3n) is 4.41. The molecule has 0 aliphatic heterocycles. The lowest BCUT2D eigenvalue weighted by Crippen LogP contribution is -2.47. The van der Waals surface area contributed by atoms with Crippen LogP contribution in [0.5, 0.6) is 5.75 Å². The lowest BCUT2D eigenvalue weighted by molar-refractivity contribution is -0.143. The second-order valence-electron chi connectivity index (χ2n) is 6.33. The second kappa shape index (κ2) is 9.12. The van der Waals surface area contributed by atoms with E-state index in [0.29, 0.717) is 12.2 Å². The van der Waals surface area contributed by atoms with E-state index in [1.54, 1.807) is 13.0 Å². The van der Waals surface area contributed by atoms with Gasteiger partial charge in [-0.05, 0) is 24.1 Å². The maximum Gasteiger partial charge on any atom is 0.326 e. The van der Waals surface area contributed by atoms with Crippen molar-refractivity contribution >= 4 is 11.9 Å². The van der Waals surface area contributed by atoms with Gasteiger partial charge in [-0.1, -0.05) is 20.3 Å². The fraction of sp³-hybridized carbons (Fsp3) is 0.368. The maximum absolute atomic E-state index is 14.3. The van der Waals surface area contributed by atoms with Gasteiger partial charge in [0.25, 0.3) is 5.56 Å². The Kier molecular flexibility index (Phi) is 6.86. The molecule has 2 atom stereocenters. The van der Waals surface area contributed by atoms with Crippen LogP contribution in [0.3, 0.4) is 0 Å². The minimum Gasteiger partial charge on any atom is -0.497 e. The molecule has 0 aliphatic rings. The first-order valence-corrected chi connectivity index (χ1v) is 8.71. The summed E-state index contributed by atoms with van der Waals surface area (Å²) in [5.41, 5.74) is -0.273. The van der Waals surface area contributed by atoms with Gasteiger partial charge < -0.3 is 15.2 Å². The zero-order valence-corrected chi connectivity index (χ0v) is 15.8. The van der Waals surface area contributed by atoms with Gasteiger partial charge in [-0.15, -0.1) is 0 Å². The summed E-state index contributed by atoms with van der Waals surface area (Å²) < 4.78 is 20.1. The number of carboxylic acids is 1. The average molecular weight is 391 g/mol. The van der Waals surface area contributed by atoms with Crippen LogP contribution in [0.15, 0.2) is 35.1 Å². The van der Waals surface area contributed by atoms with Crippen molar-refractivity contribution in [3.8, 4) is 17.0 Å². The molecule has 0 saturated carbocycles. The molecule has 0 spiro atoms. The smallest absolute Gasteiger partial charge is 0.326 e. The highest BCUT2D eigenvalue weighted by Gasteiger charge is 2.25. The summed E-state index contributed by atoms with van der Waals surface area (Å²) in [4.78, 5) is 35.6. The molecule has 0 radical (unpaired) electrons. The van der Waals surface area contributed by atoms with Gasteiger partial charge >= 0.3 is 5.97 Å². The molecule has 2 rings (SSSR count). The number of carbonyl (C=O) groups excluding carboxylic acids is 1. The molecule has 0 unspecified atom stereocenters. The van der Waals surface area contributed by atoms with E-state index in [4.69, 9.17) is 4.74 Å². The van der Waals surface area contributed by atoms with Crippen molar-refractivity contribution in [1.82, 2.24) is 15.1 Å². The van der Waals surface area contributed by atoms with Crippen molar-refractivity contribution in [2.24, 2.45) is 5.92 Å². The molecule has 2 aromatic rings. The van der Waals surface area contributed by atoms with Crippen molar-refractivity contribution < 1.29 is 23.8 Å². The fourth-order valence-corrected chi connectivity index (χ4v) is 2.57. The van der Waals surface area contributed by atoms with E-state index in [1.165, 1.54) is 31.4 Å². The highest BCUT2D eigenvalue weighted by molar-refractivity contribution is 5.83. The van der Waals surface area contributed by atoms with E-state index in [-0.39, 0.29) is 17.2 Å². The summed E-state index contributed by atoms with van der Waals surface area (Å²) in [6.45, 7) is 3.03. The van der Waals surface area contributed by atoms with Gasteiger partial charge in [-0.25, -0.2) is 13.9 Å². The molecule has 0 saturated heterocycles. The third kappa shape index (κ3) is 4.93. The monoisotopic (exact) mass is 391 g/mol. The van der Waals surface area contributed by atoms with Crippen molar-refractivity contribution in [2.75, 3.05) is 7.11 Å². The van der Waals surface area contributed by atoms with Crippen LogP contribution in [-0.4, -0.2) is 39.9 Å². The largest absolute Gasteiger partial charge is 0.497 e. The molecular formula is C19H22FN3O5. The van der Waals surface area contributed by atoms with Gasteiger partial charge in [-0.3, -0.25) is 9.59 Å². The van der Waals surface area contributed by atoms with Crippen LogP contribution in [0.2, 0.25) is 0 Å². The Morgan fingerprint density at radius 3 is 2.61 bits per heavy atom.